The third-order valence-electron chi connectivity index (χ3n) is 2.93. The summed E-state index contributed by atoms with van der Waals surface area (Å²) in [5.74, 6) is -2.24. The fraction of sp³-hybridized carbons (Fsp3) is 0.214. The van der Waals surface area contributed by atoms with Crippen LogP contribution in [0.3, 0.4) is 0 Å². The smallest absolute Gasteiger partial charge is 0.349 e. The van der Waals surface area contributed by atoms with Crippen LogP contribution in [0.1, 0.15) is 21.5 Å². The minimum Gasteiger partial charge on any atom is -0.349 e. The number of hydrogen-bond acceptors (Lipinski definition) is 1. The molecule has 0 aliphatic carbocycles. The van der Waals surface area contributed by atoms with Crippen molar-refractivity contribution in [2.24, 2.45) is 0 Å². The van der Waals surface area contributed by atoms with Crippen molar-refractivity contribution in [3.8, 4) is 0 Å². The number of nitrogens with zero attached hydrogens (tertiary/aromatic N) is 1. The Hall–Kier alpha value is -2.11. The molecule has 2 aromatic rings. The summed E-state index contributed by atoms with van der Waals surface area (Å²) in [5.41, 5.74) is 1.06. The zero-order valence-electron chi connectivity index (χ0n) is 10.5. The van der Waals surface area contributed by atoms with Gasteiger partial charge >= 0.3 is 6.18 Å². The van der Waals surface area contributed by atoms with Crippen molar-refractivity contribution in [1.29, 1.82) is 0 Å². The van der Waals surface area contributed by atoms with E-state index in [2.05, 4.69) is 0 Å². The molecule has 20 heavy (non-hydrogen) atoms. The number of ketones is 1. The zero-order chi connectivity index (χ0) is 14.9. The summed E-state index contributed by atoms with van der Waals surface area (Å²) < 4.78 is 51.2. The van der Waals surface area contributed by atoms with Crippen LogP contribution in [0.25, 0.3) is 0 Å². The van der Waals surface area contributed by atoms with Crippen LogP contribution in [0.5, 0.6) is 0 Å². The molecule has 1 aromatic carbocycles. The summed E-state index contributed by atoms with van der Waals surface area (Å²) in [5, 5.41) is 0. The minimum absolute atomic E-state index is 0.275. The van der Waals surface area contributed by atoms with Gasteiger partial charge in [0, 0.05) is 24.5 Å². The lowest BCUT2D eigenvalue weighted by Gasteiger charge is -2.07. The highest BCUT2D eigenvalue weighted by molar-refractivity contribution is 6.00. The molecule has 1 aromatic heterocycles. The molecule has 1 heterocycles. The number of carbonyl (C=O) groups excluding carboxylic acids is 1. The van der Waals surface area contributed by atoms with Gasteiger partial charge in [-0.15, -0.1) is 0 Å². The predicted molar refractivity (Wildman–Crippen MR) is 65.1 cm³/mol. The molecule has 0 N–H and O–H groups in total. The molecule has 0 saturated carbocycles. The van der Waals surface area contributed by atoms with Gasteiger partial charge in [-0.1, -0.05) is 6.07 Å². The van der Waals surface area contributed by atoms with Gasteiger partial charge in [0.25, 0.3) is 5.78 Å². The monoisotopic (exact) mass is 285 g/mol. The second-order valence-electron chi connectivity index (χ2n) is 4.47. The van der Waals surface area contributed by atoms with Crippen LogP contribution in [-0.4, -0.2) is 16.5 Å². The Kier molecular flexibility index (Phi) is 3.65. The molecule has 106 valence electrons. The Morgan fingerprint density at radius 2 is 1.95 bits per heavy atom. The van der Waals surface area contributed by atoms with Crippen molar-refractivity contribution in [1.82, 2.24) is 4.57 Å². The highest BCUT2D eigenvalue weighted by Crippen LogP contribution is 2.22. The molecule has 2 nitrogen and oxygen atoms in total. The minimum atomic E-state index is -4.88. The van der Waals surface area contributed by atoms with Crippen molar-refractivity contribution in [3.63, 3.8) is 0 Å². The van der Waals surface area contributed by atoms with E-state index < -0.39 is 17.5 Å². The van der Waals surface area contributed by atoms with Crippen LogP contribution >= 0.6 is 0 Å². The average molecular weight is 285 g/mol. The van der Waals surface area contributed by atoms with Gasteiger partial charge < -0.3 is 4.57 Å². The fourth-order valence-electron chi connectivity index (χ4n) is 1.87. The van der Waals surface area contributed by atoms with E-state index in [9.17, 15) is 22.4 Å². The highest BCUT2D eigenvalue weighted by Gasteiger charge is 2.39. The number of rotatable bonds is 3. The Bertz CT molecular complexity index is 643. The summed E-state index contributed by atoms with van der Waals surface area (Å²) >= 11 is 0. The lowest BCUT2D eigenvalue weighted by Crippen LogP contribution is -2.22. The molecule has 0 bridgehead atoms. The van der Waals surface area contributed by atoms with E-state index in [4.69, 9.17) is 0 Å². The second kappa shape index (κ2) is 5.11. The second-order valence-corrected chi connectivity index (χ2v) is 4.47. The number of Topliss-reactive ketones (excluding diaryl/α,β-unsaturated/α-hetero) is 1. The quantitative estimate of drug-likeness (QED) is 0.622. The Morgan fingerprint density at radius 1 is 1.25 bits per heavy atom. The lowest BCUT2D eigenvalue weighted by atomic mass is 10.1. The highest BCUT2D eigenvalue weighted by atomic mass is 19.4. The van der Waals surface area contributed by atoms with Gasteiger partial charge in [-0.2, -0.15) is 13.2 Å². The van der Waals surface area contributed by atoms with Gasteiger partial charge in [-0.05, 0) is 36.2 Å². The first-order valence-electron chi connectivity index (χ1n) is 5.79. The first-order chi connectivity index (χ1) is 9.27. The van der Waals surface area contributed by atoms with Crippen molar-refractivity contribution >= 4 is 5.78 Å². The SMILES string of the molecule is Cc1cc(F)ccc1Cn1ccc(C(=O)C(F)(F)F)c1. The van der Waals surface area contributed by atoms with E-state index in [1.54, 1.807) is 13.0 Å². The van der Waals surface area contributed by atoms with Gasteiger partial charge in [-0.25, -0.2) is 4.39 Å². The lowest BCUT2D eigenvalue weighted by molar-refractivity contribution is -0.0885. The van der Waals surface area contributed by atoms with Gasteiger partial charge in [0.15, 0.2) is 0 Å². The van der Waals surface area contributed by atoms with Gasteiger partial charge in [0.1, 0.15) is 5.82 Å². The maximum absolute atomic E-state index is 13.0. The van der Waals surface area contributed by atoms with Gasteiger partial charge in [-0.3, -0.25) is 4.79 Å². The van der Waals surface area contributed by atoms with Gasteiger partial charge in [0.2, 0.25) is 0 Å². The maximum Gasteiger partial charge on any atom is 0.454 e. The maximum atomic E-state index is 13.0. The summed E-state index contributed by atoms with van der Waals surface area (Å²) in [7, 11) is 0. The molecule has 6 heteroatoms. The number of hydrogen-bond donors (Lipinski definition) is 0. The Morgan fingerprint density at radius 3 is 2.55 bits per heavy atom. The summed E-state index contributed by atoms with van der Waals surface area (Å²) in [6.07, 6.45) is -2.35. The normalized spacial score (nSPS) is 11.7. The number of benzene rings is 1. The topological polar surface area (TPSA) is 22.0 Å². The molecule has 0 amide bonds. The predicted octanol–water partition coefficient (Wildman–Crippen LogP) is 3.73. The van der Waals surface area contributed by atoms with E-state index in [1.807, 2.05) is 0 Å². The van der Waals surface area contributed by atoms with E-state index in [-0.39, 0.29) is 12.4 Å². The van der Waals surface area contributed by atoms with E-state index in [0.717, 1.165) is 17.8 Å². The number of halogens is 4. The number of carbonyl (C=O) groups is 1. The van der Waals surface area contributed by atoms with Crippen LogP contribution in [0.2, 0.25) is 0 Å². The van der Waals surface area contributed by atoms with Crippen LogP contribution in [0.4, 0.5) is 17.6 Å². The van der Waals surface area contributed by atoms with Crippen molar-refractivity contribution in [2.75, 3.05) is 0 Å². The van der Waals surface area contributed by atoms with Crippen LogP contribution < -0.4 is 0 Å². The Balaban J connectivity index is 2.20. The molecule has 0 spiro atoms. The number of alkyl halides is 3. The largest absolute Gasteiger partial charge is 0.454 e. The van der Waals surface area contributed by atoms with Crippen molar-refractivity contribution in [3.05, 3.63) is 59.2 Å². The number of aromatic nitrogens is 1. The molecular weight excluding hydrogens is 274 g/mol. The standard InChI is InChI=1S/C14H11F4NO/c1-9-6-12(15)3-2-10(9)7-19-5-4-11(8-19)13(20)14(16,17)18/h2-6,8H,7H2,1H3. The van der Waals surface area contributed by atoms with E-state index in [0.29, 0.717) is 5.56 Å². The summed E-state index contributed by atoms with van der Waals surface area (Å²) in [4.78, 5) is 11.1. The molecular formula is C14H11F4NO. The van der Waals surface area contributed by atoms with Gasteiger partial charge in [0.05, 0.1) is 0 Å². The third kappa shape index (κ3) is 3.07. The molecule has 2 rings (SSSR count). The molecule has 0 saturated heterocycles. The first kappa shape index (κ1) is 14.3. The molecule has 0 aliphatic heterocycles. The summed E-state index contributed by atoms with van der Waals surface area (Å²) in [6.45, 7) is 1.99. The van der Waals surface area contributed by atoms with Crippen molar-refractivity contribution in [2.45, 2.75) is 19.6 Å². The summed E-state index contributed by atoms with van der Waals surface area (Å²) in [6, 6.07) is 5.32. The molecule has 0 radical (unpaired) electrons. The fourth-order valence-corrected chi connectivity index (χ4v) is 1.87. The van der Waals surface area contributed by atoms with E-state index >= 15 is 0 Å². The van der Waals surface area contributed by atoms with Crippen LogP contribution in [0.15, 0.2) is 36.7 Å². The number of aryl methyl sites for hydroxylation is 1. The van der Waals surface area contributed by atoms with Crippen LogP contribution in [-0.2, 0) is 6.54 Å². The first-order valence-corrected chi connectivity index (χ1v) is 5.79. The van der Waals surface area contributed by atoms with Crippen molar-refractivity contribution < 1.29 is 22.4 Å². The molecule has 0 unspecified atom stereocenters. The van der Waals surface area contributed by atoms with E-state index in [1.165, 1.54) is 22.9 Å². The Labute approximate surface area is 112 Å². The third-order valence-corrected chi connectivity index (χ3v) is 2.93. The molecule has 0 atom stereocenters. The van der Waals surface area contributed by atoms with Crippen LogP contribution in [0, 0.1) is 12.7 Å². The molecule has 0 aliphatic rings. The average Bonchev–Trinajstić information content (AvgIpc) is 2.79. The zero-order valence-corrected chi connectivity index (χ0v) is 10.5. The molecule has 0 fully saturated rings.